The molecule has 0 amide bonds. The lowest BCUT2D eigenvalue weighted by molar-refractivity contribution is 0.282. The first kappa shape index (κ1) is 10.8. The summed E-state index contributed by atoms with van der Waals surface area (Å²) in [7, 11) is 0. The first-order chi connectivity index (χ1) is 6.86. The lowest BCUT2D eigenvalue weighted by Gasteiger charge is -2.29. The zero-order valence-corrected chi connectivity index (χ0v) is 10.1. The minimum absolute atomic E-state index is 0.824. The summed E-state index contributed by atoms with van der Waals surface area (Å²) in [6.45, 7) is 3.61. The van der Waals surface area contributed by atoms with Crippen LogP contribution in [0.4, 0.5) is 0 Å². The molecule has 0 aromatic heterocycles. The molecule has 0 spiro atoms. The smallest absolute Gasteiger partial charge is 0.0186 e. The van der Waals surface area contributed by atoms with Crippen LogP contribution in [0, 0.1) is 11.8 Å². The quantitative estimate of drug-likeness (QED) is 0.719. The van der Waals surface area contributed by atoms with Crippen molar-refractivity contribution in [3.63, 3.8) is 0 Å². The average Bonchev–Trinajstić information content (AvgIpc) is 2.44. The van der Waals surface area contributed by atoms with E-state index >= 15 is 0 Å². The van der Waals surface area contributed by atoms with Crippen LogP contribution in [0.2, 0.25) is 0 Å². The fourth-order valence-electron chi connectivity index (χ4n) is 2.71. The zero-order chi connectivity index (χ0) is 9.80. The van der Waals surface area contributed by atoms with Crippen LogP contribution in [-0.2, 0) is 0 Å². The van der Waals surface area contributed by atoms with Crippen molar-refractivity contribution in [2.45, 2.75) is 45.1 Å². The molecule has 1 saturated heterocycles. The normalized spacial score (nSPS) is 36.6. The van der Waals surface area contributed by atoms with Gasteiger partial charge < -0.3 is 5.32 Å². The Bertz CT molecular complexity index is 166. The van der Waals surface area contributed by atoms with Crippen LogP contribution in [0.25, 0.3) is 0 Å². The van der Waals surface area contributed by atoms with E-state index in [0.717, 1.165) is 17.9 Å². The average molecular weight is 213 g/mol. The van der Waals surface area contributed by atoms with Gasteiger partial charge in [-0.25, -0.2) is 0 Å². The Morgan fingerprint density at radius 3 is 2.64 bits per heavy atom. The summed E-state index contributed by atoms with van der Waals surface area (Å²) in [5.41, 5.74) is 0. The topological polar surface area (TPSA) is 12.0 Å². The van der Waals surface area contributed by atoms with Gasteiger partial charge in [-0.05, 0) is 37.0 Å². The minimum atomic E-state index is 0.824. The van der Waals surface area contributed by atoms with Crippen LogP contribution >= 0.6 is 11.8 Å². The van der Waals surface area contributed by atoms with Crippen LogP contribution in [0.3, 0.4) is 0 Å². The molecule has 1 aliphatic carbocycles. The summed E-state index contributed by atoms with van der Waals surface area (Å²) in [6.07, 6.45) is 7.39. The molecule has 2 fully saturated rings. The summed E-state index contributed by atoms with van der Waals surface area (Å²) in [5.74, 6) is 4.57. The number of hydrogen-bond acceptors (Lipinski definition) is 2. The fraction of sp³-hybridized carbons (Fsp3) is 1.00. The molecule has 82 valence electrons. The highest BCUT2D eigenvalue weighted by Crippen LogP contribution is 2.29. The molecule has 2 unspecified atom stereocenters. The van der Waals surface area contributed by atoms with Crippen LogP contribution in [0.5, 0.6) is 0 Å². The van der Waals surface area contributed by atoms with Gasteiger partial charge in [-0.15, -0.1) is 0 Å². The van der Waals surface area contributed by atoms with Gasteiger partial charge in [0.15, 0.2) is 0 Å². The van der Waals surface area contributed by atoms with E-state index in [0.29, 0.717) is 0 Å². The van der Waals surface area contributed by atoms with Crippen molar-refractivity contribution in [1.82, 2.24) is 5.32 Å². The maximum absolute atomic E-state index is 3.78. The molecule has 2 rings (SSSR count). The maximum Gasteiger partial charge on any atom is 0.0186 e. The highest BCUT2D eigenvalue weighted by atomic mass is 32.2. The predicted molar refractivity (Wildman–Crippen MR) is 64.9 cm³/mol. The molecule has 2 heteroatoms. The van der Waals surface area contributed by atoms with Gasteiger partial charge in [0.1, 0.15) is 0 Å². The molecule has 0 radical (unpaired) electrons. The number of thioether (sulfide) groups is 1. The van der Waals surface area contributed by atoms with E-state index in [2.05, 4.69) is 24.0 Å². The van der Waals surface area contributed by atoms with E-state index in [4.69, 9.17) is 0 Å². The van der Waals surface area contributed by atoms with E-state index in [1.54, 1.807) is 0 Å². The summed E-state index contributed by atoms with van der Waals surface area (Å²) < 4.78 is 0. The summed E-state index contributed by atoms with van der Waals surface area (Å²) in [4.78, 5) is 0. The summed E-state index contributed by atoms with van der Waals surface area (Å²) >= 11 is 2.16. The Balaban J connectivity index is 1.83. The number of nitrogens with one attached hydrogen (secondary N) is 1. The number of rotatable bonds is 1. The monoisotopic (exact) mass is 213 g/mol. The molecule has 2 aliphatic rings. The van der Waals surface area contributed by atoms with Crippen LogP contribution in [0.15, 0.2) is 0 Å². The lowest BCUT2D eigenvalue weighted by Crippen LogP contribution is -2.39. The SMILES string of the molecule is CC1CNC(C2CCCCC2)CSC1. The molecule has 0 aromatic rings. The lowest BCUT2D eigenvalue weighted by atomic mass is 9.84. The molecule has 1 saturated carbocycles. The molecule has 14 heavy (non-hydrogen) atoms. The van der Waals surface area contributed by atoms with Crippen LogP contribution < -0.4 is 5.32 Å². The molecule has 1 heterocycles. The van der Waals surface area contributed by atoms with Crippen molar-refractivity contribution in [3.8, 4) is 0 Å². The van der Waals surface area contributed by atoms with Crippen molar-refractivity contribution in [2.24, 2.45) is 11.8 Å². The third-order valence-electron chi connectivity index (χ3n) is 3.65. The second-order valence-corrected chi connectivity index (χ2v) is 6.13. The third-order valence-corrected chi connectivity index (χ3v) is 5.05. The maximum atomic E-state index is 3.78. The largest absolute Gasteiger partial charge is 0.313 e. The van der Waals surface area contributed by atoms with E-state index in [-0.39, 0.29) is 0 Å². The van der Waals surface area contributed by atoms with Gasteiger partial charge in [0.25, 0.3) is 0 Å². The highest BCUT2D eigenvalue weighted by molar-refractivity contribution is 7.99. The summed E-state index contributed by atoms with van der Waals surface area (Å²) in [6, 6.07) is 0.824. The van der Waals surface area contributed by atoms with Crippen molar-refractivity contribution in [1.29, 1.82) is 0 Å². The molecule has 1 N–H and O–H groups in total. The molecule has 0 aromatic carbocycles. The highest BCUT2D eigenvalue weighted by Gasteiger charge is 2.25. The molecular weight excluding hydrogens is 190 g/mol. The van der Waals surface area contributed by atoms with Crippen LogP contribution in [-0.4, -0.2) is 24.1 Å². The Hall–Kier alpha value is 0.310. The van der Waals surface area contributed by atoms with Gasteiger partial charge in [0.05, 0.1) is 0 Å². The first-order valence-corrected chi connectivity index (χ1v) is 7.33. The van der Waals surface area contributed by atoms with Gasteiger partial charge >= 0.3 is 0 Å². The van der Waals surface area contributed by atoms with Crippen LogP contribution in [0.1, 0.15) is 39.0 Å². The van der Waals surface area contributed by atoms with E-state index < -0.39 is 0 Å². The van der Waals surface area contributed by atoms with Gasteiger partial charge in [-0.3, -0.25) is 0 Å². The van der Waals surface area contributed by atoms with Gasteiger partial charge in [-0.2, -0.15) is 11.8 Å². The molecular formula is C12H23NS. The molecule has 2 atom stereocenters. The minimum Gasteiger partial charge on any atom is -0.313 e. The van der Waals surface area contributed by atoms with Crippen molar-refractivity contribution >= 4 is 11.8 Å². The van der Waals surface area contributed by atoms with Gasteiger partial charge in [-0.1, -0.05) is 26.2 Å². The van der Waals surface area contributed by atoms with E-state index in [1.165, 1.54) is 50.2 Å². The zero-order valence-electron chi connectivity index (χ0n) is 9.30. The molecule has 0 bridgehead atoms. The van der Waals surface area contributed by atoms with E-state index in [1.807, 2.05) is 0 Å². The third kappa shape index (κ3) is 2.90. The standard InChI is InChI=1S/C12H23NS/c1-10-7-13-12(9-14-8-10)11-5-3-2-4-6-11/h10-13H,2-9H2,1H3. The molecule has 1 nitrogen and oxygen atoms in total. The Morgan fingerprint density at radius 1 is 1.07 bits per heavy atom. The van der Waals surface area contributed by atoms with Crippen molar-refractivity contribution in [3.05, 3.63) is 0 Å². The van der Waals surface area contributed by atoms with Crippen molar-refractivity contribution in [2.75, 3.05) is 18.1 Å². The Labute approximate surface area is 92.4 Å². The summed E-state index contributed by atoms with van der Waals surface area (Å²) in [5, 5.41) is 3.78. The Morgan fingerprint density at radius 2 is 1.86 bits per heavy atom. The van der Waals surface area contributed by atoms with Gasteiger partial charge in [0.2, 0.25) is 0 Å². The van der Waals surface area contributed by atoms with Crippen molar-refractivity contribution < 1.29 is 0 Å². The fourth-order valence-corrected chi connectivity index (χ4v) is 4.01. The van der Waals surface area contributed by atoms with Gasteiger partial charge in [0, 0.05) is 11.8 Å². The van der Waals surface area contributed by atoms with E-state index in [9.17, 15) is 0 Å². The second kappa shape index (κ2) is 5.41. The Kier molecular flexibility index (Phi) is 4.18. The second-order valence-electron chi connectivity index (χ2n) is 5.06. The molecule has 1 aliphatic heterocycles. The number of hydrogen-bond donors (Lipinski definition) is 1. The first-order valence-electron chi connectivity index (χ1n) is 6.17. The predicted octanol–water partition coefficient (Wildman–Crippen LogP) is 2.91.